The highest BCUT2D eigenvalue weighted by molar-refractivity contribution is 6.05. The molecule has 10 heteroatoms. The Hall–Kier alpha value is -2.59. The summed E-state index contributed by atoms with van der Waals surface area (Å²) in [6.07, 6.45) is 6.01. The first-order valence-electron chi connectivity index (χ1n) is 12.7. The number of hydrogen-bond donors (Lipinski definition) is 1. The van der Waals surface area contributed by atoms with E-state index in [2.05, 4.69) is 0 Å². The maximum atomic E-state index is 13.1. The molecule has 0 saturated carbocycles. The molecule has 3 atom stereocenters. The first-order valence-corrected chi connectivity index (χ1v) is 12.7. The number of hydrogen-bond acceptors (Lipinski definition) is 9. The van der Waals surface area contributed by atoms with Crippen molar-refractivity contribution in [3.8, 4) is 0 Å². The zero-order valence-corrected chi connectivity index (χ0v) is 21.9. The van der Waals surface area contributed by atoms with E-state index in [1.807, 2.05) is 13.8 Å². The third kappa shape index (κ3) is 10.6. The van der Waals surface area contributed by atoms with Crippen LogP contribution in [0.1, 0.15) is 78.6 Å². The van der Waals surface area contributed by atoms with E-state index in [0.717, 1.165) is 68.9 Å². The van der Waals surface area contributed by atoms with Crippen molar-refractivity contribution >= 4 is 29.5 Å². The van der Waals surface area contributed by atoms with Crippen LogP contribution in [0.4, 0.5) is 4.79 Å². The molecule has 0 bridgehead atoms. The Balaban J connectivity index is 2.69. The van der Waals surface area contributed by atoms with Crippen LogP contribution in [-0.4, -0.2) is 78.1 Å². The molecular weight excluding hydrogens is 470 g/mol. The highest BCUT2D eigenvalue weighted by Crippen LogP contribution is 2.23. The van der Waals surface area contributed by atoms with Gasteiger partial charge in [0.05, 0.1) is 6.04 Å². The van der Waals surface area contributed by atoms with Crippen molar-refractivity contribution in [1.82, 2.24) is 4.90 Å². The molecule has 1 N–H and O–H groups in total. The van der Waals surface area contributed by atoms with Gasteiger partial charge in [-0.1, -0.05) is 52.4 Å². The minimum absolute atomic E-state index is 0.0168. The second kappa shape index (κ2) is 17.0. The second-order valence-electron chi connectivity index (χ2n) is 9.29. The number of ketones is 2. The summed E-state index contributed by atoms with van der Waals surface area (Å²) >= 11 is 0. The molecule has 36 heavy (non-hydrogen) atoms. The summed E-state index contributed by atoms with van der Waals surface area (Å²) in [7, 11) is 1.17. The van der Waals surface area contributed by atoms with Gasteiger partial charge in [0.25, 0.3) is 5.91 Å². The number of amides is 2. The predicted molar refractivity (Wildman–Crippen MR) is 131 cm³/mol. The molecule has 1 fully saturated rings. The highest BCUT2D eigenvalue weighted by Gasteiger charge is 2.46. The van der Waals surface area contributed by atoms with Gasteiger partial charge in [0.1, 0.15) is 6.61 Å². The number of nitrogens with zero attached hydrogens (tertiary/aromatic N) is 1. The standard InChI is InChI=1S/C26H41NO9/c1-18(2)21-17-35-26(33)27(21)25(32)24(34-4)23(36-19(3)29)22(31)15-14-20(30)13-11-9-7-5-6-8-10-12-16-28/h14-15,18,21,23-24,28H,5-13,16-17H2,1-4H3. The van der Waals surface area contributed by atoms with Crippen molar-refractivity contribution in [2.45, 2.75) is 96.8 Å². The summed E-state index contributed by atoms with van der Waals surface area (Å²) in [5.41, 5.74) is 0. The van der Waals surface area contributed by atoms with Crippen molar-refractivity contribution in [3.05, 3.63) is 12.2 Å². The molecule has 0 aromatic carbocycles. The maximum Gasteiger partial charge on any atom is 0.417 e. The zero-order valence-electron chi connectivity index (χ0n) is 21.9. The lowest BCUT2D eigenvalue weighted by atomic mass is 10.0. The molecule has 1 heterocycles. The molecule has 0 radical (unpaired) electrons. The molecule has 1 aliphatic heterocycles. The number of rotatable bonds is 18. The van der Waals surface area contributed by atoms with E-state index < -0.39 is 42.0 Å². The summed E-state index contributed by atoms with van der Waals surface area (Å²) in [5.74, 6) is -2.82. The summed E-state index contributed by atoms with van der Waals surface area (Å²) in [6, 6.07) is -0.548. The SMILES string of the molecule is COC(C(=O)N1C(=O)OCC1C(C)C)C(OC(C)=O)C(=O)C=CC(=O)CCCCCCCCCCO. The fraction of sp³-hybridized carbons (Fsp3) is 0.731. The summed E-state index contributed by atoms with van der Waals surface area (Å²) in [6.45, 7) is 4.96. The number of aliphatic hydroxyl groups is 1. The van der Waals surface area contributed by atoms with Crippen molar-refractivity contribution < 1.29 is 43.3 Å². The lowest BCUT2D eigenvalue weighted by Crippen LogP contribution is -2.53. The first kappa shape index (κ1) is 31.4. The van der Waals surface area contributed by atoms with Gasteiger partial charge >= 0.3 is 12.1 Å². The maximum absolute atomic E-state index is 13.1. The van der Waals surface area contributed by atoms with Crippen LogP contribution in [0.15, 0.2) is 12.2 Å². The van der Waals surface area contributed by atoms with E-state index in [1.54, 1.807) is 0 Å². The van der Waals surface area contributed by atoms with Gasteiger partial charge in [-0.05, 0) is 30.9 Å². The third-order valence-corrected chi connectivity index (χ3v) is 6.02. The lowest BCUT2D eigenvalue weighted by Gasteiger charge is -2.29. The van der Waals surface area contributed by atoms with Crippen molar-refractivity contribution in [3.63, 3.8) is 0 Å². The molecule has 0 spiro atoms. The lowest BCUT2D eigenvalue weighted by molar-refractivity contribution is -0.166. The molecule has 204 valence electrons. The fourth-order valence-corrected chi connectivity index (χ4v) is 3.94. The molecule has 2 amide bonds. The molecule has 10 nitrogen and oxygen atoms in total. The second-order valence-corrected chi connectivity index (χ2v) is 9.29. The van der Waals surface area contributed by atoms with Crippen LogP contribution in [0, 0.1) is 5.92 Å². The third-order valence-electron chi connectivity index (χ3n) is 6.02. The van der Waals surface area contributed by atoms with Crippen LogP contribution >= 0.6 is 0 Å². The Morgan fingerprint density at radius 2 is 1.58 bits per heavy atom. The topological polar surface area (TPSA) is 137 Å². The fourth-order valence-electron chi connectivity index (χ4n) is 3.94. The number of carbonyl (C=O) groups excluding carboxylic acids is 5. The number of esters is 1. The van der Waals surface area contributed by atoms with Gasteiger partial charge in [0.15, 0.2) is 23.8 Å². The number of allylic oxidation sites excluding steroid dienone is 1. The number of unbranched alkanes of at least 4 members (excludes halogenated alkanes) is 7. The van der Waals surface area contributed by atoms with E-state index in [0.29, 0.717) is 6.42 Å². The van der Waals surface area contributed by atoms with Crippen LogP contribution in [-0.2, 0) is 33.4 Å². The minimum Gasteiger partial charge on any atom is -0.451 e. The van der Waals surface area contributed by atoms with Crippen molar-refractivity contribution in [2.24, 2.45) is 5.92 Å². The number of carbonyl (C=O) groups is 5. The smallest absolute Gasteiger partial charge is 0.417 e. The summed E-state index contributed by atoms with van der Waals surface area (Å²) in [4.78, 5) is 62.9. The van der Waals surface area contributed by atoms with Crippen molar-refractivity contribution in [2.75, 3.05) is 20.3 Å². The number of cyclic esters (lactones) is 1. The van der Waals surface area contributed by atoms with Gasteiger partial charge < -0.3 is 19.3 Å². The normalized spacial score (nSPS) is 17.3. The van der Waals surface area contributed by atoms with Crippen LogP contribution in [0.2, 0.25) is 0 Å². The van der Waals surface area contributed by atoms with E-state index in [4.69, 9.17) is 19.3 Å². The van der Waals surface area contributed by atoms with Gasteiger partial charge in [-0.2, -0.15) is 0 Å². The molecule has 0 aromatic heterocycles. The number of methoxy groups -OCH3 is 1. The average Bonchev–Trinajstić information content (AvgIpc) is 3.22. The number of ether oxygens (including phenoxy) is 3. The minimum atomic E-state index is -1.66. The van der Waals surface area contributed by atoms with Crippen LogP contribution in [0.5, 0.6) is 0 Å². The van der Waals surface area contributed by atoms with Gasteiger partial charge in [-0.25, -0.2) is 9.69 Å². The van der Waals surface area contributed by atoms with Gasteiger partial charge in [0.2, 0.25) is 0 Å². The largest absolute Gasteiger partial charge is 0.451 e. The molecule has 3 unspecified atom stereocenters. The summed E-state index contributed by atoms with van der Waals surface area (Å²) < 4.78 is 15.3. The van der Waals surface area contributed by atoms with Crippen LogP contribution in [0.25, 0.3) is 0 Å². The van der Waals surface area contributed by atoms with Gasteiger partial charge in [-0.15, -0.1) is 0 Å². The van der Waals surface area contributed by atoms with E-state index in [1.165, 1.54) is 7.11 Å². The number of imide groups is 1. The Labute approximate surface area is 213 Å². The monoisotopic (exact) mass is 511 g/mol. The molecule has 1 saturated heterocycles. The van der Waals surface area contributed by atoms with E-state index >= 15 is 0 Å². The Kier molecular flexibility index (Phi) is 14.8. The van der Waals surface area contributed by atoms with E-state index in [-0.39, 0.29) is 31.3 Å². The molecule has 1 aliphatic rings. The van der Waals surface area contributed by atoms with Gasteiger partial charge in [0, 0.05) is 27.1 Å². The Morgan fingerprint density at radius 3 is 2.11 bits per heavy atom. The Bertz CT molecular complexity index is 777. The first-order chi connectivity index (χ1) is 17.1. The molecule has 0 aromatic rings. The highest BCUT2D eigenvalue weighted by atomic mass is 16.6. The predicted octanol–water partition coefficient (Wildman–Crippen LogP) is 3.13. The molecular formula is C26H41NO9. The van der Waals surface area contributed by atoms with Crippen molar-refractivity contribution in [1.29, 1.82) is 0 Å². The van der Waals surface area contributed by atoms with Crippen LogP contribution in [0.3, 0.4) is 0 Å². The van der Waals surface area contributed by atoms with E-state index in [9.17, 15) is 24.0 Å². The number of aliphatic hydroxyl groups excluding tert-OH is 1. The average molecular weight is 512 g/mol. The van der Waals surface area contributed by atoms with Gasteiger partial charge in [-0.3, -0.25) is 19.2 Å². The summed E-state index contributed by atoms with van der Waals surface area (Å²) in [5, 5.41) is 8.76. The van der Waals surface area contributed by atoms with Crippen LogP contribution < -0.4 is 0 Å². The zero-order chi connectivity index (χ0) is 27.1. The quantitative estimate of drug-likeness (QED) is 0.167. The molecule has 0 aliphatic carbocycles. The Morgan fingerprint density at radius 1 is 1.00 bits per heavy atom. The molecule has 1 rings (SSSR count).